The summed E-state index contributed by atoms with van der Waals surface area (Å²) < 4.78 is 0. The second-order valence-corrected chi connectivity index (χ2v) is 4.73. The highest BCUT2D eigenvalue weighted by Gasteiger charge is 2.33. The Labute approximate surface area is 115 Å². The summed E-state index contributed by atoms with van der Waals surface area (Å²) in [5, 5.41) is 9.25. The van der Waals surface area contributed by atoms with E-state index in [0.717, 1.165) is 18.4 Å². The van der Waals surface area contributed by atoms with Gasteiger partial charge in [-0.1, -0.05) is 49.6 Å². The lowest BCUT2D eigenvalue weighted by Gasteiger charge is -2.24. The van der Waals surface area contributed by atoms with Crippen LogP contribution >= 0.6 is 12.4 Å². The van der Waals surface area contributed by atoms with Gasteiger partial charge < -0.3 is 10.8 Å². The van der Waals surface area contributed by atoms with Gasteiger partial charge in [-0.15, -0.1) is 12.4 Å². The molecule has 0 saturated heterocycles. The molecule has 1 aromatic rings. The van der Waals surface area contributed by atoms with Crippen LogP contribution in [0.1, 0.15) is 37.3 Å². The van der Waals surface area contributed by atoms with Crippen LogP contribution in [0.3, 0.4) is 0 Å². The van der Waals surface area contributed by atoms with Gasteiger partial charge in [0.25, 0.3) is 0 Å². The van der Waals surface area contributed by atoms with Gasteiger partial charge in [0.15, 0.2) is 0 Å². The van der Waals surface area contributed by atoms with Crippen molar-refractivity contribution in [1.29, 1.82) is 0 Å². The van der Waals surface area contributed by atoms with E-state index in [1.807, 2.05) is 38.1 Å². The third kappa shape index (κ3) is 4.67. The van der Waals surface area contributed by atoms with Crippen molar-refractivity contribution < 1.29 is 9.90 Å². The van der Waals surface area contributed by atoms with E-state index >= 15 is 0 Å². The number of aliphatic carboxylic acids is 1. The zero-order chi connectivity index (χ0) is 12.9. The summed E-state index contributed by atoms with van der Waals surface area (Å²) >= 11 is 0. The maximum absolute atomic E-state index is 11.3. The molecule has 3 N–H and O–H groups in total. The number of benzene rings is 1. The van der Waals surface area contributed by atoms with E-state index in [2.05, 4.69) is 0 Å². The molecule has 1 rings (SSSR count). The number of hydrogen-bond donors (Lipinski definition) is 2. The maximum atomic E-state index is 11.3. The van der Waals surface area contributed by atoms with Crippen molar-refractivity contribution in [3.63, 3.8) is 0 Å². The van der Waals surface area contributed by atoms with Gasteiger partial charge in [0.1, 0.15) is 5.54 Å². The van der Waals surface area contributed by atoms with Crippen LogP contribution < -0.4 is 5.73 Å². The van der Waals surface area contributed by atoms with Crippen molar-refractivity contribution in [3.8, 4) is 0 Å². The summed E-state index contributed by atoms with van der Waals surface area (Å²) in [5.74, 6) is -0.911. The van der Waals surface area contributed by atoms with Crippen LogP contribution in [0.25, 0.3) is 0 Å². The number of rotatable bonds is 6. The number of carboxylic acids is 1. The molecule has 0 spiro atoms. The van der Waals surface area contributed by atoms with E-state index in [9.17, 15) is 9.90 Å². The fraction of sp³-hybridized carbons (Fsp3) is 0.500. The zero-order valence-electron chi connectivity index (χ0n) is 11.0. The molecule has 0 amide bonds. The summed E-state index contributed by atoms with van der Waals surface area (Å²) in [6, 6.07) is 7.87. The molecule has 0 aliphatic carbocycles. The molecule has 0 heterocycles. The number of halogens is 1. The molecule has 18 heavy (non-hydrogen) atoms. The van der Waals surface area contributed by atoms with E-state index in [1.165, 1.54) is 5.56 Å². The van der Waals surface area contributed by atoms with E-state index in [-0.39, 0.29) is 12.4 Å². The lowest BCUT2D eigenvalue weighted by atomic mass is 9.87. The van der Waals surface area contributed by atoms with Gasteiger partial charge in [-0.25, -0.2) is 0 Å². The Bertz CT molecular complexity index is 378. The molecule has 1 aromatic carbocycles. The Hall–Kier alpha value is -1.06. The van der Waals surface area contributed by atoms with Gasteiger partial charge in [0.2, 0.25) is 0 Å². The highest BCUT2D eigenvalue weighted by molar-refractivity contribution is 5.85. The fourth-order valence-corrected chi connectivity index (χ4v) is 1.83. The first-order valence-electron chi connectivity index (χ1n) is 6.06. The van der Waals surface area contributed by atoms with Gasteiger partial charge in [-0.05, 0) is 18.9 Å². The molecule has 0 aromatic heterocycles. The summed E-state index contributed by atoms with van der Waals surface area (Å²) in [5.41, 5.74) is 7.01. The number of hydrogen-bond acceptors (Lipinski definition) is 2. The van der Waals surface area contributed by atoms with Crippen molar-refractivity contribution in [2.45, 2.75) is 45.1 Å². The SMILES string of the molecule is CCCC[C@](N)(Cc1ccc(C)cc1)C(=O)O.Cl. The van der Waals surface area contributed by atoms with Crippen LogP contribution in [-0.2, 0) is 11.2 Å². The van der Waals surface area contributed by atoms with Gasteiger partial charge in [0.05, 0.1) is 0 Å². The number of carbonyl (C=O) groups is 1. The fourth-order valence-electron chi connectivity index (χ4n) is 1.83. The van der Waals surface area contributed by atoms with Gasteiger partial charge in [-0.3, -0.25) is 4.79 Å². The summed E-state index contributed by atoms with van der Waals surface area (Å²) in [4.78, 5) is 11.3. The molecule has 3 nitrogen and oxygen atoms in total. The Morgan fingerprint density at radius 2 is 1.89 bits per heavy atom. The molecule has 4 heteroatoms. The average molecular weight is 272 g/mol. The highest BCUT2D eigenvalue weighted by Crippen LogP contribution is 2.18. The molecule has 0 unspecified atom stereocenters. The Balaban J connectivity index is 0.00000289. The molecule has 0 saturated carbocycles. The molecule has 0 bridgehead atoms. The minimum Gasteiger partial charge on any atom is -0.480 e. The first-order chi connectivity index (χ1) is 7.98. The maximum Gasteiger partial charge on any atom is 0.324 e. The van der Waals surface area contributed by atoms with E-state index in [0.29, 0.717) is 12.8 Å². The van der Waals surface area contributed by atoms with Crippen molar-refractivity contribution in [3.05, 3.63) is 35.4 Å². The second-order valence-electron chi connectivity index (χ2n) is 4.73. The van der Waals surface area contributed by atoms with Crippen LogP contribution in [0.5, 0.6) is 0 Å². The second kappa shape index (κ2) is 7.39. The summed E-state index contributed by atoms with van der Waals surface area (Å²) in [6.07, 6.45) is 2.71. The molecule has 1 atom stereocenters. The average Bonchev–Trinajstić information content (AvgIpc) is 2.29. The van der Waals surface area contributed by atoms with Crippen LogP contribution in [0, 0.1) is 6.92 Å². The van der Waals surface area contributed by atoms with E-state index in [4.69, 9.17) is 5.73 Å². The third-order valence-corrected chi connectivity index (χ3v) is 3.04. The van der Waals surface area contributed by atoms with Crippen LogP contribution in [0.15, 0.2) is 24.3 Å². The van der Waals surface area contributed by atoms with Crippen LogP contribution in [0.4, 0.5) is 0 Å². The predicted octanol–water partition coefficient (Wildman–Crippen LogP) is 2.93. The number of unbranched alkanes of at least 4 members (excludes halogenated alkanes) is 1. The number of nitrogens with two attached hydrogens (primary N) is 1. The molecule has 0 fully saturated rings. The molecule has 0 aliphatic heterocycles. The lowest BCUT2D eigenvalue weighted by molar-refractivity contribution is -0.143. The standard InChI is InChI=1S/C14H21NO2.ClH/c1-3-4-9-14(15,13(16)17)10-12-7-5-11(2)6-8-12;/h5-8H,3-4,9-10,15H2,1-2H3,(H,16,17);1H/t14-;/m0./s1. The van der Waals surface area contributed by atoms with E-state index in [1.54, 1.807) is 0 Å². The Morgan fingerprint density at radius 1 is 1.33 bits per heavy atom. The lowest BCUT2D eigenvalue weighted by Crippen LogP contribution is -2.49. The molecule has 0 radical (unpaired) electrons. The normalized spacial score (nSPS) is 13.5. The Kier molecular flexibility index (Phi) is 6.96. The monoisotopic (exact) mass is 271 g/mol. The molecular formula is C14H22ClNO2. The molecular weight excluding hydrogens is 250 g/mol. The molecule has 0 aliphatic rings. The number of aryl methyl sites for hydroxylation is 1. The molecule has 102 valence electrons. The van der Waals surface area contributed by atoms with Gasteiger partial charge in [0, 0.05) is 6.42 Å². The smallest absolute Gasteiger partial charge is 0.324 e. The van der Waals surface area contributed by atoms with Crippen LogP contribution in [-0.4, -0.2) is 16.6 Å². The summed E-state index contributed by atoms with van der Waals surface area (Å²) in [6.45, 7) is 4.04. The predicted molar refractivity (Wildman–Crippen MR) is 76.2 cm³/mol. The first kappa shape index (κ1) is 16.9. The van der Waals surface area contributed by atoms with Gasteiger partial charge >= 0.3 is 5.97 Å². The van der Waals surface area contributed by atoms with E-state index < -0.39 is 11.5 Å². The summed E-state index contributed by atoms with van der Waals surface area (Å²) in [7, 11) is 0. The highest BCUT2D eigenvalue weighted by atomic mass is 35.5. The third-order valence-electron chi connectivity index (χ3n) is 3.04. The quantitative estimate of drug-likeness (QED) is 0.836. The van der Waals surface area contributed by atoms with Crippen molar-refractivity contribution >= 4 is 18.4 Å². The zero-order valence-corrected chi connectivity index (χ0v) is 11.8. The van der Waals surface area contributed by atoms with Crippen molar-refractivity contribution in [2.75, 3.05) is 0 Å². The van der Waals surface area contributed by atoms with Gasteiger partial charge in [-0.2, -0.15) is 0 Å². The largest absolute Gasteiger partial charge is 0.480 e. The topological polar surface area (TPSA) is 63.3 Å². The minimum atomic E-state index is -1.13. The first-order valence-corrected chi connectivity index (χ1v) is 6.06. The Morgan fingerprint density at radius 3 is 2.33 bits per heavy atom. The van der Waals surface area contributed by atoms with Crippen LogP contribution in [0.2, 0.25) is 0 Å². The van der Waals surface area contributed by atoms with Crippen molar-refractivity contribution in [1.82, 2.24) is 0 Å². The minimum absolute atomic E-state index is 0. The van der Waals surface area contributed by atoms with Crippen molar-refractivity contribution in [2.24, 2.45) is 5.73 Å². The number of carboxylic acid groups (broad SMARTS) is 1.